The molecule has 1 saturated heterocycles. The average Bonchev–Trinajstić information content (AvgIpc) is 1.98. The molecule has 5 heteroatoms. The van der Waals surface area contributed by atoms with Crippen molar-refractivity contribution in [3.05, 3.63) is 0 Å². The number of rotatable bonds is 1. The van der Waals surface area contributed by atoms with Crippen molar-refractivity contribution in [1.29, 1.82) is 0 Å². The highest BCUT2D eigenvalue weighted by Gasteiger charge is 2.54. The summed E-state index contributed by atoms with van der Waals surface area (Å²) in [5.74, 6) is -3.14. The van der Waals surface area contributed by atoms with Gasteiger partial charge in [0.2, 0.25) is 5.91 Å². The molecule has 12 heavy (non-hydrogen) atoms. The second kappa shape index (κ2) is 2.65. The molecule has 0 saturated carbocycles. The fourth-order valence-electron chi connectivity index (χ4n) is 1.14. The molecule has 2 atom stereocenters. The Bertz CT molecular complexity index is 206. The van der Waals surface area contributed by atoms with Gasteiger partial charge in [0.15, 0.2) is 0 Å². The van der Waals surface area contributed by atoms with Gasteiger partial charge in [-0.05, 0) is 13.8 Å². The molecule has 1 unspecified atom stereocenters. The zero-order valence-corrected chi connectivity index (χ0v) is 7.05. The fraction of sp³-hybridized carbons (Fsp3) is 0.857. The number of hydrogen-bond donors (Lipinski definition) is 1. The summed E-state index contributed by atoms with van der Waals surface area (Å²) in [6.45, 7) is 2.32. The first-order valence-electron chi connectivity index (χ1n) is 3.80. The van der Waals surface area contributed by atoms with E-state index in [2.05, 4.69) is 0 Å². The summed E-state index contributed by atoms with van der Waals surface area (Å²) in [4.78, 5) is 12.2. The Morgan fingerprint density at radius 3 is 2.50 bits per heavy atom. The summed E-state index contributed by atoms with van der Waals surface area (Å²) >= 11 is 0. The van der Waals surface area contributed by atoms with E-state index in [1.807, 2.05) is 0 Å². The summed E-state index contributed by atoms with van der Waals surface area (Å²) in [6, 6.07) is -1.69. The van der Waals surface area contributed by atoms with Crippen LogP contribution in [0.3, 0.4) is 0 Å². The molecule has 0 spiro atoms. The molecule has 3 nitrogen and oxygen atoms in total. The molecule has 0 bridgehead atoms. The highest BCUT2D eigenvalue weighted by atomic mass is 19.3. The van der Waals surface area contributed by atoms with Gasteiger partial charge in [-0.1, -0.05) is 0 Å². The number of nitrogens with zero attached hydrogens (tertiary/aromatic N) is 1. The van der Waals surface area contributed by atoms with Gasteiger partial charge in [0.05, 0.1) is 18.6 Å². The minimum Gasteiger partial charge on any atom is -0.326 e. The molecule has 1 aliphatic rings. The van der Waals surface area contributed by atoms with Gasteiger partial charge in [0.1, 0.15) is 0 Å². The van der Waals surface area contributed by atoms with Crippen LogP contribution in [0.15, 0.2) is 0 Å². The van der Waals surface area contributed by atoms with E-state index in [1.54, 1.807) is 0 Å². The number of likely N-dealkylation sites (tertiary alicyclic amines) is 1. The van der Waals surface area contributed by atoms with Gasteiger partial charge < -0.3 is 10.6 Å². The topological polar surface area (TPSA) is 46.3 Å². The SMILES string of the molecule is CC1N(C(=O)[C@@H](C)N)CC1(F)F. The minimum absolute atomic E-state index is 0.409. The standard InChI is InChI=1S/C7H12F2N2O/c1-4(10)6(12)11-3-7(8,9)5(11)2/h4-5H,3,10H2,1-2H3/t4-,5?/m1/s1. The summed E-state index contributed by atoms with van der Waals surface area (Å²) in [5, 5.41) is 0. The van der Waals surface area contributed by atoms with Crippen molar-refractivity contribution in [3.8, 4) is 0 Å². The maximum absolute atomic E-state index is 12.6. The molecular formula is C7H12F2N2O. The Kier molecular flexibility index (Phi) is 2.07. The first-order chi connectivity index (χ1) is 5.36. The van der Waals surface area contributed by atoms with Gasteiger partial charge in [-0.25, -0.2) is 8.78 Å². The van der Waals surface area contributed by atoms with E-state index >= 15 is 0 Å². The molecule has 0 aromatic heterocycles. The van der Waals surface area contributed by atoms with Gasteiger partial charge in [-0.15, -0.1) is 0 Å². The van der Waals surface area contributed by atoms with Crippen LogP contribution in [0.1, 0.15) is 13.8 Å². The van der Waals surface area contributed by atoms with Crippen LogP contribution >= 0.6 is 0 Å². The first kappa shape index (κ1) is 9.38. The summed E-state index contributed by atoms with van der Waals surface area (Å²) in [6.07, 6.45) is 0. The van der Waals surface area contributed by atoms with Gasteiger partial charge in [-0.3, -0.25) is 4.79 Å². The van der Waals surface area contributed by atoms with Crippen LogP contribution < -0.4 is 5.73 Å². The lowest BCUT2D eigenvalue weighted by molar-refractivity contribution is -0.190. The molecule has 70 valence electrons. The molecule has 1 rings (SSSR count). The Labute approximate surface area is 69.5 Å². The van der Waals surface area contributed by atoms with Gasteiger partial charge >= 0.3 is 0 Å². The largest absolute Gasteiger partial charge is 0.326 e. The van der Waals surface area contributed by atoms with Crippen molar-refractivity contribution in [3.63, 3.8) is 0 Å². The van der Waals surface area contributed by atoms with Crippen molar-refractivity contribution in [1.82, 2.24) is 4.90 Å². The number of halogens is 2. The third kappa shape index (κ3) is 1.29. The number of hydrogen-bond acceptors (Lipinski definition) is 2. The van der Waals surface area contributed by atoms with E-state index in [0.29, 0.717) is 0 Å². The van der Waals surface area contributed by atoms with Crippen molar-refractivity contribution in [2.75, 3.05) is 6.54 Å². The van der Waals surface area contributed by atoms with Crippen LogP contribution in [0, 0.1) is 0 Å². The lowest BCUT2D eigenvalue weighted by Crippen LogP contribution is -2.67. The Morgan fingerprint density at radius 1 is 1.75 bits per heavy atom. The Morgan fingerprint density at radius 2 is 2.25 bits per heavy atom. The molecule has 0 aliphatic carbocycles. The number of nitrogens with two attached hydrogens (primary N) is 1. The van der Waals surface area contributed by atoms with E-state index in [9.17, 15) is 13.6 Å². The lowest BCUT2D eigenvalue weighted by Gasteiger charge is -2.46. The highest BCUT2D eigenvalue weighted by molar-refractivity contribution is 5.82. The number of alkyl halides is 2. The zero-order chi connectivity index (χ0) is 9.52. The number of carbonyl (C=O) groups excluding carboxylic acids is 1. The van der Waals surface area contributed by atoms with Crippen molar-refractivity contribution in [2.45, 2.75) is 31.9 Å². The number of carbonyl (C=O) groups is 1. The van der Waals surface area contributed by atoms with E-state index in [0.717, 1.165) is 4.90 Å². The molecular weight excluding hydrogens is 166 g/mol. The third-order valence-electron chi connectivity index (χ3n) is 2.13. The van der Waals surface area contributed by atoms with E-state index in [4.69, 9.17) is 5.73 Å². The summed E-state index contributed by atoms with van der Waals surface area (Å²) in [5.41, 5.74) is 5.26. The first-order valence-corrected chi connectivity index (χ1v) is 3.80. The average molecular weight is 178 g/mol. The molecule has 0 radical (unpaired) electrons. The molecule has 1 amide bonds. The maximum atomic E-state index is 12.6. The van der Waals surface area contributed by atoms with Crippen molar-refractivity contribution < 1.29 is 13.6 Å². The van der Waals surface area contributed by atoms with Crippen LogP contribution in [0.4, 0.5) is 8.78 Å². The van der Waals surface area contributed by atoms with Gasteiger partial charge in [-0.2, -0.15) is 0 Å². The molecule has 0 aromatic rings. The van der Waals surface area contributed by atoms with Gasteiger partial charge in [0.25, 0.3) is 5.92 Å². The molecule has 1 fully saturated rings. The van der Waals surface area contributed by atoms with Crippen molar-refractivity contribution >= 4 is 5.91 Å². The highest BCUT2D eigenvalue weighted by Crippen LogP contribution is 2.34. The quantitative estimate of drug-likeness (QED) is 0.623. The zero-order valence-electron chi connectivity index (χ0n) is 7.05. The van der Waals surface area contributed by atoms with Crippen molar-refractivity contribution in [2.24, 2.45) is 5.73 Å². The van der Waals surface area contributed by atoms with Gasteiger partial charge in [0, 0.05) is 0 Å². The smallest absolute Gasteiger partial charge is 0.284 e. The Balaban J connectivity index is 2.55. The minimum atomic E-state index is -2.73. The lowest BCUT2D eigenvalue weighted by atomic mass is 9.99. The predicted molar refractivity (Wildman–Crippen MR) is 39.8 cm³/mol. The van der Waals surface area contributed by atoms with Crippen LogP contribution in [0.5, 0.6) is 0 Å². The number of amides is 1. The van der Waals surface area contributed by atoms with Crippen LogP contribution in [0.2, 0.25) is 0 Å². The third-order valence-corrected chi connectivity index (χ3v) is 2.13. The van der Waals surface area contributed by atoms with E-state index in [1.165, 1.54) is 13.8 Å². The van der Waals surface area contributed by atoms with Crippen LogP contribution in [-0.2, 0) is 4.79 Å². The van der Waals surface area contributed by atoms with E-state index < -0.39 is 30.5 Å². The molecule has 1 heterocycles. The van der Waals surface area contributed by atoms with Crippen LogP contribution in [-0.4, -0.2) is 35.4 Å². The maximum Gasteiger partial charge on any atom is 0.284 e. The van der Waals surface area contributed by atoms with E-state index in [-0.39, 0.29) is 0 Å². The Hall–Kier alpha value is -0.710. The summed E-state index contributed by atoms with van der Waals surface area (Å²) in [7, 11) is 0. The van der Waals surface area contributed by atoms with Crippen LogP contribution in [0.25, 0.3) is 0 Å². The normalized spacial score (nSPS) is 29.4. The summed E-state index contributed by atoms with van der Waals surface area (Å²) < 4.78 is 25.1. The molecule has 0 aromatic carbocycles. The second-order valence-electron chi connectivity index (χ2n) is 3.19. The molecule has 1 aliphatic heterocycles. The second-order valence-corrected chi connectivity index (χ2v) is 3.19. The predicted octanol–water partition coefficient (Wildman–Crippen LogP) is 0.200. The monoisotopic (exact) mass is 178 g/mol. The fourth-order valence-corrected chi connectivity index (χ4v) is 1.14. The molecule has 2 N–H and O–H groups in total.